The fraction of sp³-hybridized carbons (Fsp3) is 0.440. The molecular weight excluding hydrogens is 457 g/mol. The van der Waals surface area contributed by atoms with E-state index >= 15 is 0 Å². The molecule has 2 heterocycles. The SMILES string of the molecule is C/C=C(\CO)c1ncc(Cc2ccc(F)cc2)c2c1N(C=O)CC(CO)O2.CNCCOC.CO. The number of carbonyl (C=O) groups is 1. The summed E-state index contributed by atoms with van der Waals surface area (Å²) in [6.07, 6.45) is 3.88. The number of aromatic nitrogens is 1. The predicted octanol–water partition coefficient (Wildman–Crippen LogP) is 1.38. The second kappa shape index (κ2) is 16.7. The number of likely N-dealkylation sites (N-methyl/N-ethyl adjacent to an activating group) is 1. The number of hydrogen-bond donors (Lipinski definition) is 4. The van der Waals surface area contributed by atoms with E-state index in [2.05, 4.69) is 10.3 Å². The lowest BCUT2D eigenvalue weighted by Crippen LogP contribution is -2.42. The predicted molar refractivity (Wildman–Crippen MR) is 133 cm³/mol. The van der Waals surface area contributed by atoms with E-state index in [1.807, 2.05) is 7.05 Å². The van der Waals surface area contributed by atoms with E-state index in [0.29, 0.717) is 41.1 Å². The van der Waals surface area contributed by atoms with Crippen LogP contribution in [-0.2, 0) is 16.0 Å². The zero-order valence-electron chi connectivity index (χ0n) is 20.7. The Hall–Kier alpha value is -2.89. The van der Waals surface area contributed by atoms with Gasteiger partial charge >= 0.3 is 0 Å². The topological polar surface area (TPSA) is 124 Å². The lowest BCUT2D eigenvalue weighted by atomic mass is 10.0. The third-order valence-corrected chi connectivity index (χ3v) is 5.07. The van der Waals surface area contributed by atoms with Crippen LogP contribution in [0, 0.1) is 5.82 Å². The lowest BCUT2D eigenvalue weighted by Gasteiger charge is -2.34. The minimum absolute atomic E-state index is 0.185. The average Bonchev–Trinajstić information content (AvgIpc) is 2.91. The number of aliphatic hydroxyl groups excluding tert-OH is 3. The quantitative estimate of drug-likeness (QED) is 0.305. The van der Waals surface area contributed by atoms with Gasteiger partial charge in [-0.3, -0.25) is 9.78 Å². The van der Waals surface area contributed by atoms with E-state index < -0.39 is 6.10 Å². The molecule has 0 fully saturated rings. The average molecular weight is 494 g/mol. The molecule has 1 aromatic heterocycles. The number of allylic oxidation sites excluding steroid dienone is 1. The molecule has 0 saturated heterocycles. The highest BCUT2D eigenvalue weighted by atomic mass is 19.1. The van der Waals surface area contributed by atoms with E-state index in [1.54, 1.807) is 38.4 Å². The molecule has 0 spiro atoms. The number of hydrogen-bond acceptors (Lipinski definition) is 8. The lowest BCUT2D eigenvalue weighted by molar-refractivity contribution is -0.108. The van der Waals surface area contributed by atoms with Crippen LogP contribution in [0.1, 0.15) is 23.7 Å². The summed E-state index contributed by atoms with van der Waals surface area (Å²) in [5, 5.41) is 29.1. The van der Waals surface area contributed by atoms with Crippen LogP contribution in [0.5, 0.6) is 5.75 Å². The Bertz CT molecular complexity index is 920. The normalized spacial score (nSPS) is 14.6. The van der Waals surface area contributed by atoms with Gasteiger partial charge in [-0.25, -0.2) is 4.39 Å². The molecule has 10 heteroatoms. The zero-order valence-corrected chi connectivity index (χ0v) is 20.7. The monoisotopic (exact) mass is 493 g/mol. The standard InChI is InChI=1S/C20H21FN2O4.C4H11NO.CH4O/c1-2-14(10-24)18-19-20(27-17(11-25)9-23(19)12-26)15(8-22-18)7-13-3-5-16(21)6-4-13;1-5-3-4-6-2;1-2/h2-6,8,12,17,24-25H,7,9-11H2,1H3;5H,3-4H2,1-2H3;2H,1H3/b14-2+;;. The molecule has 1 aliphatic rings. The molecule has 0 bridgehead atoms. The maximum absolute atomic E-state index is 13.2. The molecule has 1 amide bonds. The maximum atomic E-state index is 13.2. The van der Waals surface area contributed by atoms with Crippen molar-refractivity contribution in [3.63, 3.8) is 0 Å². The minimum atomic E-state index is -0.562. The number of methoxy groups -OCH3 is 1. The van der Waals surface area contributed by atoms with Crippen molar-refractivity contribution in [2.45, 2.75) is 19.4 Å². The molecule has 1 atom stereocenters. The van der Waals surface area contributed by atoms with Crippen molar-refractivity contribution in [3.8, 4) is 5.75 Å². The summed E-state index contributed by atoms with van der Waals surface area (Å²) in [5.41, 5.74) is 3.06. The molecule has 9 nitrogen and oxygen atoms in total. The highest BCUT2D eigenvalue weighted by molar-refractivity contribution is 5.88. The van der Waals surface area contributed by atoms with Gasteiger partial charge in [0.15, 0.2) is 5.75 Å². The Balaban J connectivity index is 0.000000670. The molecule has 194 valence electrons. The number of carbonyl (C=O) groups excluding carboxylic acids is 1. The molecule has 1 aromatic carbocycles. The van der Waals surface area contributed by atoms with Gasteiger partial charge in [0, 0.05) is 44.5 Å². The van der Waals surface area contributed by atoms with Gasteiger partial charge in [0.1, 0.15) is 17.6 Å². The molecule has 2 aromatic rings. The van der Waals surface area contributed by atoms with Gasteiger partial charge < -0.3 is 35.0 Å². The van der Waals surface area contributed by atoms with Crippen LogP contribution in [-0.4, -0.2) is 87.0 Å². The molecule has 0 radical (unpaired) electrons. The molecule has 1 aliphatic heterocycles. The minimum Gasteiger partial charge on any atom is -0.484 e. The van der Waals surface area contributed by atoms with Gasteiger partial charge in [-0.1, -0.05) is 18.2 Å². The number of ether oxygens (including phenoxy) is 2. The van der Waals surface area contributed by atoms with E-state index in [4.69, 9.17) is 14.6 Å². The highest BCUT2D eigenvalue weighted by Crippen LogP contribution is 2.41. The van der Waals surface area contributed by atoms with Crippen LogP contribution in [0.25, 0.3) is 5.57 Å². The van der Waals surface area contributed by atoms with Crippen molar-refractivity contribution in [1.29, 1.82) is 0 Å². The van der Waals surface area contributed by atoms with Crippen molar-refractivity contribution in [1.82, 2.24) is 10.3 Å². The number of anilines is 1. The summed E-state index contributed by atoms with van der Waals surface area (Å²) in [6, 6.07) is 6.10. The molecule has 0 aliphatic carbocycles. The molecule has 35 heavy (non-hydrogen) atoms. The fourth-order valence-electron chi connectivity index (χ4n) is 3.32. The summed E-state index contributed by atoms with van der Waals surface area (Å²) in [6.45, 7) is 3.23. The summed E-state index contributed by atoms with van der Waals surface area (Å²) >= 11 is 0. The Morgan fingerprint density at radius 1 is 1.31 bits per heavy atom. The number of aliphatic hydroxyl groups is 3. The second-order valence-electron chi connectivity index (χ2n) is 7.36. The first-order valence-electron chi connectivity index (χ1n) is 11.1. The number of amides is 1. The van der Waals surface area contributed by atoms with Crippen LogP contribution in [0.3, 0.4) is 0 Å². The largest absolute Gasteiger partial charge is 0.484 e. The first-order valence-corrected chi connectivity index (χ1v) is 11.1. The molecular formula is C25H36FN3O6. The zero-order chi connectivity index (χ0) is 26.2. The number of halogens is 1. The first-order chi connectivity index (χ1) is 17.0. The van der Waals surface area contributed by atoms with Gasteiger partial charge in [-0.05, 0) is 31.7 Å². The van der Waals surface area contributed by atoms with Crippen LogP contribution < -0.4 is 15.0 Å². The van der Waals surface area contributed by atoms with Crippen LogP contribution in [0.4, 0.5) is 10.1 Å². The van der Waals surface area contributed by atoms with Gasteiger partial charge in [0.25, 0.3) is 0 Å². The molecule has 1 unspecified atom stereocenters. The third kappa shape index (κ3) is 8.68. The summed E-state index contributed by atoms with van der Waals surface area (Å²) in [5.74, 6) is 0.119. The van der Waals surface area contributed by atoms with Gasteiger partial charge in [-0.15, -0.1) is 0 Å². The third-order valence-electron chi connectivity index (χ3n) is 5.07. The van der Waals surface area contributed by atoms with E-state index in [0.717, 1.165) is 25.8 Å². The number of rotatable bonds is 9. The Morgan fingerprint density at radius 2 is 2.00 bits per heavy atom. The van der Waals surface area contributed by atoms with Gasteiger partial charge in [-0.2, -0.15) is 0 Å². The first kappa shape index (κ1) is 30.1. The van der Waals surface area contributed by atoms with E-state index in [9.17, 15) is 19.4 Å². The number of nitrogens with zero attached hydrogens (tertiary/aromatic N) is 2. The van der Waals surface area contributed by atoms with Crippen molar-refractivity contribution >= 4 is 17.7 Å². The summed E-state index contributed by atoms with van der Waals surface area (Å²) in [7, 11) is 4.59. The van der Waals surface area contributed by atoms with Crippen molar-refractivity contribution in [2.75, 3.05) is 59.1 Å². The van der Waals surface area contributed by atoms with Crippen molar-refractivity contribution in [2.24, 2.45) is 0 Å². The maximum Gasteiger partial charge on any atom is 0.214 e. The smallest absolute Gasteiger partial charge is 0.214 e. The van der Waals surface area contributed by atoms with Crippen molar-refractivity contribution < 1.29 is 34.0 Å². The van der Waals surface area contributed by atoms with Crippen LogP contribution in [0.2, 0.25) is 0 Å². The highest BCUT2D eigenvalue weighted by Gasteiger charge is 2.31. The number of pyridine rings is 1. The molecule has 3 rings (SSSR count). The fourth-order valence-corrected chi connectivity index (χ4v) is 3.32. The van der Waals surface area contributed by atoms with Crippen LogP contribution in [0.15, 0.2) is 36.5 Å². The van der Waals surface area contributed by atoms with Crippen molar-refractivity contribution in [3.05, 3.63) is 59.2 Å². The second-order valence-corrected chi connectivity index (χ2v) is 7.36. The molecule has 0 saturated carbocycles. The number of benzene rings is 1. The Labute approximate surface area is 205 Å². The number of nitrogens with one attached hydrogen (secondary N) is 1. The van der Waals surface area contributed by atoms with Crippen LogP contribution >= 0.6 is 0 Å². The summed E-state index contributed by atoms with van der Waals surface area (Å²) < 4.78 is 23.8. The van der Waals surface area contributed by atoms with E-state index in [-0.39, 0.29) is 25.6 Å². The Kier molecular flexibility index (Phi) is 14.4. The number of fused-ring (bicyclic) bond motifs is 1. The van der Waals surface area contributed by atoms with Gasteiger partial charge in [0.2, 0.25) is 6.41 Å². The Morgan fingerprint density at radius 3 is 2.49 bits per heavy atom. The molecule has 4 N–H and O–H groups in total. The van der Waals surface area contributed by atoms with Gasteiger partial charge in [0.05, 0.1) is 32.1 Å². The summed E-state index contributed by atoms with van der Waals surface area (Å²) in [4.78, 5) is 17.6. The van der Waals surface area contributed by atoms with E-state index in [1.165, 1.54) is 17.0 Å².